The molecule has 0 aliphatic heterocycles. The van der Waals surface area contributed by atoms with Gasteiger partial charge in [0.25, 0.3) is 0 Å². The SMILES string of the molecule is CCCCC[CH]CCNC. The van der Waals surface area contributed by atoms with Gasteiger partial charge in [-0.15, -0.1) is 0 Å². The zero-order valence-corrected chi connectivity index (χ0v) is 7.32. The summed E-state index contributed by atoms with van der Waals surface area (Å²) in [5.41, 5.74) is 0. The summed E-state index contributed by atoms with van der Waals surface area (Å²) in [6.07, 6.45) is 9.00. The lowest BCUT2D eigenvalue weighted by molar-refractivity contribution is 0.677. The van der Waals surface area contributed by atoms with Crippen LogP contribution in [0.2, 0.25) is 0 Å². The molecule has 0 saturated carbocycles. The fourth-order valence-corrected chi connectivity index (χ4v) is 0.929. The molecule has 0 spiro atoms. The average Bonchev–Trinajstić information content (AvgIpc) is 1.97. The van der Waals surface area contributed by atoms with E-state index in [9.17, 15) is 0 Å². The lowest BCUT2D eigenvalue weighted by Gasteiger charge is -1.98. The van der Waals surface area contributed by atoms with Crippen molar-refractivity contribution in [3.8, 4) is 0 Å². The van der Waals surface area contributed by atoms with Crippen molar-refractivity contribution in [2.24, 2.45) is 0 Å². The lowest BCUT2D eigenvalue weighted by Crippen LogP contribution is -2.07. The lowest BCUT2D eigenvalue weighted by atomic mass is 10.1. The monoisotopic (exact) mass is 142 g/mol. The summed E-state index contributed by atoms with van der Waals surface area (Å²) in [5, 5.41) is 3.13. The first-order valence-corrected chi connectivity index (χ1v) is 4.38. The molecule has 0 heterocycles. The molecule has 1 N–H and O–H groups in total. The smallest absolute Gasteiger partial charge is 0.00492 e. The van der Waals surface area contributed by atoms with Crippen LogP contribution in [-0.2, 0) is 0 Å². The van der Waals surface area contributed by atoms with E-state index in [4.69, 9.17) is 0 Å². The third kappa shape index (κ3) is 7.96. The van der Waals surface area contributed by atoms with Gasteiger partial charge in [-0.1, -0.05) is 32.6 Å². The standard InChI is InChI=1S/C9H20N/c1-3-4-5-6-7-8-9-10-2/h7,10H,3-6,8-9H2,1-2H3. The largest absolute Gasteiger partial charge is 0.320 e. The Morgan fingerprint density at radius 1 is 1.20 bits per heavy atom. The Kier molecular flexibility index (Phi) is 8.92. The van der Waals surface area contributed by atoms with Gasteiger partial charge in [-0.3, -0.25) is 0 Å². The number of nitrogens with one attached hydrogen (secondary N) is 1. The highest BCUT2D eigenvalue weighted by Gasteiger charge is 1.87. The fourth-order valence-electron chi connectivity index (χ4n) is 0.929. The maximum Gasteiger partial charge on any atom is -0.00492 e. The van der Waals surface area contributed by atoms with Crippen molar-refractivity contribution in [3.05, 3.63) is 6.42 Å². The van der Waals surface area contributed by atoms with Crippen LogP contribution < -0.4 is 5.32 Å². The highest BCUT2D eigenvalue weighted by atomic mass is 14.8. The normalized spacial score (nSPS) is 10.2. The fraction of sp³-hybridized carbons (Fsp3) is 0.889. The molecule has 0 aliphatic carbocycles. The molecule has 0 bridgehead atoms. The van der Waals surface area contributed by atoms with Gasteiger partial charge < -0.3 is 5.32 Å². The van der Waals surface area contributed by atoms with Crippen LogP contribution in [0, 0.1) is 6.42 Å². The summed E-state index contributed by atoms with van der Waals surface area (Å²) in [5.74, 6) is 0. The van der Waals surface area contributed by atoms with E-state index < -0.39 is 0 Å². The Morgan fingerprint density at radius 2 is 2.00 bits per heavy atom. The molecule has 10 heavy (non-hydrogen) atoms. The second-order valence-electron chi connectivity index (χ2n) is 2.68. The minimum Gasteiger partial charge on any atom is -0.320 e. The first kappa shape index (κ1) is 9.96. The minimum absolute atomic E-state index is 1.13. The molecule has 0 rings (SSSR count). The van der Waals surface area contributed by atoms with E-state index in [1.807, 2.05) is 7.05 Å². The molecule has 0 aliphatic rings. The summed E-state index contributed by atoms with van der Waals surface area (Å²) in [6.45, 7) is 3.37. The van der Waals surface area contributed by atoms with Crippen LogP contribution >= 0.6 is 0 Å². The number of hydrogen-bond donors (Lipinski definition) is 1. The maximum atomic E-state index is 3.13. The van der Waals surface area contributed by atoms with Crippen LogP contribution in [0.5, 0.6) is 0 Å². The zero-order valence-electron chi connectivity index (χ0n) is 7.32. The number of hydrogen-bond acceptors (Lipinski definition) is 1. The van der Waals surface area contributed by atoms with Crippen molar-refractivity contribution >= 4 is 0 Å². The summed E-state index contributed by atoms with van der Waals surface area (Å²) in [7, 11) is 2.00. The molecule has 0 saturated heterocycles. The van der Waals surface area contributed by atoms with E-state index in [1.165, 1.54) is 32.1 Å². The van der Waals surface area contributed by atoms with Crippen molar-refractivity contribution in [2.45, 2.75) is 39.0 Å². The molecule has 0 aromatic heterocycles. The Morgan fingerprint density at radius 3 is 2.60 bits per heavy atom. The molecule has 0 aromatic carbocycles. The average molecular weight is 142 g/mol. The quantitative estimate of drug-likeness (QED) is 0.538. The summed E-state index contributed by atoms with van der Waals surface area (Å²) in [6, 6.07) is 0. The maximum absolute atomic E-state index is 3.13. The molecule has 0 atom stereocenters. The predicted molar refractivity (Wildman–Crippen MR) is 47.0 cm³/mol. The summed E-state index contributed by atoms with van der Waals surface area (Å²) in [4.78, 5) is 0. The van der Waals surface area contributed by atoms with E-state index in [2.05, 4.69) is 18.7 Å². The van der Waals surface area contributed by atoms with Crippen molar-refractivity contribution in [1.82, 2.24) is 5.32 Å². The second kappa shape index (κ2) is 8.96. The van der Waals surface area contributed by atoms with Crippen molar-refractivity contribution in [2.75, 3.05) is 13.6 Å². The molecule has 1 radical (unpaired) electrons. The van der Waals surface area contributed by atoms with Crippen molar-refractivity contribution < 1.29 is 0 Å². The molecule has 61 valence electrons. The van der Waals surface area contributed by atoms with Crippen LogP contribution in [0.25, 0.3) is 0 Å². The zero-order chi connectivity index (χ0) is 7.66. The topological polar surface area (TPSA) is 12.0 Å². The van der Waals surface area contributed by atoms with E-state index in [1.54, 1.807) is 0 Å². The molecular weight excluding hydrogens is 122 g/mol. The summed E-state index contributed by atoms with van der Waals surface area (Å²) < 4.78 is 0. The molecule has 0 amide bonds. The van der Waals surface area contributed by atoms with Gasteiger partial charge in [0.1, 0.15) is 0 Å². The van der Waals surface area contributed by atoms with Gasteiger partial charge in [0, 0.05) is 0 Å². The van der Waals surface area contributed by atoms with E-state index in [0.29, 0.717) is 0 Å². The second-order valence-corrected chi connectivity index (χ2v) is 2.68. The molecule has 0 fully saturated rings. The molecule has 0 aromatic rings. The van der Waals surface area contributed by atoms with Crippen LogP contribution in [0.3, 0.4) is 0 Å². The number of rotatable bonds is 7. The number of unbranched alkanes of at least 4 members (excludes halogenated alkanes) is 5. The van der Waals surface area contributed by atoms with Gasteiger partial charge in [-0.25, -0.2) is 0 Å². The van der Waals surface area contributed by atoms with Crippen molar-refractivity contribution in [1.29, 1.82) is 0 Å². The van der Waals surface area contributed by atoms with Gasteiger partial charge in [0.15, 0.2) is 0 Å². The van der Waals surface area contributed by atoms with Gasteiger partial charge in [0.2, 0.25) is 0 Å². The first-order valence-electron chi connectivity index (χ1n) is 4.38. The molecule has 0 unspecified atom stereocenters. The van der Waals surface area contributed by atoms with Crippen LogP contribution in [-0.4, -0.2) is 13.6 Å². The highest BCUT2D eigenvalue weighted by molar-refractivity contribution is 4.64. The van der Waals surface area contributed by atoms with E-state index in [0.717, 1.165) is 6.54 Å². The van der Waals surface area contributed by atoms with Crippen molar-refractivity contribution in [3.63, 3.8) is 0 Å². The van der Waals surface area contributed by atoms with Gasteiger partial charge >= 0.3 is 0 Å². The Balaban J connectivity index is 2.65. The summed E-state index contributed by atoms with van der Waals surface area (Å²) >= 11 is 0. The van der Waals surface area contributed by atoms with Crippen LogP contribution in [0.1, 0.15) is 39.0 Å². The minimum atomic E-state index is 1.13. The first-order chi connectivity index (χ1) is 4.91. The highest BCUT2D eigenvalue weighted by Crippen LogP contribution is 2.02. The molecule has 1 heteroatoms. The van der Waals surface area contributed by atoms with E-state index in [-0.39, 0.29) is 0 Å². The molecule has 1 nitrogen and oxygen atoms in total. The van der Waals surface area contributed by atoms with Gasteiger partial charge in [0.05, 0.1) is 0 Å². The third-order valence-corrected chi connectivity index (χ3v) is 1.61. The Bertz CT molecular complexity index is 44.7. The van der Waals surface area contributed by atoms with E-state index >= 15 is 0 Å². The third-order valence-electron chi connectivity index (χ3n) is 1.61. The van der Waals surface area contributed by atoms with Crippen LogP contribution in [0.4, 0.5) is 0 Å². The van der Waals surface area contributed by atoms with Gasteiger partial charge in [-0.05, 0) is 26.4 Å². The Labute approximate surface area is 65.2 Å². The van der Waals surface area contributed by atoms with Crippen LogP contribution in [0.15, 0.2) is 0 Å². The molecular formula is C9H20N. The van der Waals surface area contributed by atoms with Gasteiger partial charge in [-0.2, -0.15) is 0 Å². The Hall–Kier alpha value is -0.0400. The predicted octanol–water partition coefficient (Wildman–Crippen LogP) is 2.38.